The molecule has 98 valence electrons. The van der Waals surface area contributed by atoms with Gasteiger partial charge in [0, 0.05) is 17.2 Å². The maximum atomic E-state index is 12.3. The number of carbonyl (C=O) groups is 1. The van der Waals surface area contributed by atoms with Crippen LogP contribution >= 0.6 is 22.6 Å². The van der Waals surface area contributed by atoms with Gasteiger partial charge in [-0.2, -0.15) is 0 Å². The molecule has 1 unspecified atom stereocenters. The van der Waals surface area contributed by atoms with Gasteiger partial charge in [0.05, 0.1) is 5.56 Å². The lowest BCUT2D eigenvalue weighted by molar-refractivity contribution is 0.0763. The summed E-state index contributed by atoms with van der Waals surface area (Å²) in [5, 5.41) is 3.39. The van der Waals surface area contributed by atoms with Crippen LogP contribution in [0.15, 0.2) is 24.3 Å². The highest BCUT2D eigenvalue weighted by Gasteiger charge is 2.19. The highest BCUT2D eigenvalue weighted by Crippen LogP contribution is 2.16. The molecule has 1 heterocycles. The molecule has 2 rings (SSSR count). The van der Waals surface area contributed by atoms with Gasteiger partial charge in [-0.3, -0.25) is 4.79 Å². The molecule has 0 aliphatic carbocycles. The zero-order chi connectivity index (χ0) is 13.0. The second-order valence-electron chi connectivity index (χ2n) is 4.88. The van der Waals surface area contributed by atoms with E-state index >= 15 is 0 Å². The van der Waals surface area contributed by atoms with Gasteiger partial charge in [-0.25, -0.2) is 0 Å². The molecule has 3 nitrogen and oxygen atoms in total. The highest BCUT2D eigenvalue weighted by atomic mass is 127. The molecule has 1 saturated heterocycles. The van der Waals surface area contributed by atoms with Crippen molar-refractivity contribution in [2.24, 2.45) is 5.92 Å². The average molecular weight is 358 g/mol. The zero-order valence-corrected chi connectivity index (χ0v) is 12.8. The van der Waals surface area contributed by atoms with Gasteiger partial charge in [0.2, 0.25) is 0 Å². The lowest BCUT2D eigenvalue weighted by Gasteiger charge is -2.27. The summed E-state index contributed by atoms with van der Waals surface area (Å²) in [7, 11) is 1.90. The Morgan fingerprint density at radius 2 is 2.28 bits per heavy atom. The van der Waals surface area contributed by atoms with Crippen molar-refractivity contribution in [3.8, 4) is 0 Å². The Balaban J connectivity index is 1.98. The van der Waals surface area contributed by atoms with E-state index in [0.717, 1.165) is 28.8 Å². The number of nitrogens with zero attached hydrogens (tertiary/aromatic N) is 1. The van der Waals surface area contributed by atoms with Crippen LogP contribution in [0.3, 0.4) is 0 Å². The van der Waals surface area contributed by atoms with Gasteiger partial charge in [-0.15, -0.1) is 0 Å². The van der Waals surface area contributed by atoms with E-state index in [-0.39, 0.29) is 5.91 Å². The van der Waals surface area contributed by atoms with Gasteiger partial charge in [0.25, 0.3) is 5.91 Å². The topological polar surface area (TPSA) is 32.3 Å². The first-order valence-corrected chi connectivity index (χ1v) is 7.47. The fourth-order valence-corrected chi connectivity index (χ4v) is 3.01. The predicted octanol–water partition coefficient (Wildman–Crippen LogP) is 2.36. The Morgan fingerprint density at radius 1 is 1.50 bits per heavy atom. The zero-order valence-electron chi connectivity index (χ0n) is 10.7. The molecule has 0 radical (unpaired) electrons. The summed E-state index contributed by atoms with van der Waals surface area (Å²) < 4.78 is 1.02. The molecular weight excluding hydrogens is 339 g/mol. The summed E-state index contributed by atoms with van der Waals surface area (Å²) in [6, 6.07) is 7.76. The maximum Gasteiger partial charge on any atom is 0.254 e. The monoisotopic (exact) mass is 358 g/mol. The van der Waals surface area contributed by atoms with Crippen LogP contribution in [0.4, 0.5) is 0 Å². The fourth-order valence-electron chi connectivity index (χ4n) is 2.39. The third-order valence-electron chi connectivity index (χ3n) is 3.38. The molecule has 4 heteroatoms. The second-order valence-corrected chi connectivity index (χ2v) is 6.04. The van der Waals surface area contributed by atoms with Crippen LogP contribution in [-0.2, 0) is 0 Å². The van der Waals surface area contributed by atoms with E-state index in [1.54, 1.807) is 0 Å². The van der Waals surface area contributed by atoms with Gasteiger partial charge >= 0.3 is 0 Å². The highest BCUT2D eigenvalue weighted by molar-refractivity contribution is 14.1. The number of rotatable bonds is 3. The minimum absolute atomic E-state index is 0.130. The quantitative estimate of drug-likeness (QED) is 0.842. The van der Waals surface area contributed by atoms with Crippen LogP contribution in [0, 0.1) is 9.49 Å². The number of halogens is 1. The molecule has 0 bridgehead atoms. The smallest absolute Gasteiger partial charge is 0.254 e. The Labute approximate surface area is 122 Å². The van der Waals surface area contributed by atoms with Crippen LogP contribution in [-0.4, -0.2) is 37.5 Å². The van der Waals surface area contributed by atoms with E-state index in [0.29, 0.717) is 5.92 Å². The van der Waals surface area contributed by atoms with Crippen molar-refractivity contribution in [3.05, 3.63) is 33.4 Å². The molecule has 0 spiro atoms. The van der Waals surface area contributed by atoms with E-state index in [4.69, 9.17) is 0 Å². The molecule has 1 aliphatic heterocycles. The molecule has 1 fully saturated rings. The maximum absolute atomic E-state index is 12.3. The fraction of sp³-hybridized carbons (Fsp3) is 0.500. The summed E-state index contributed by atoms with van der Waals surface area (Å²) in [6.45, 7) is 2.99. The minimum atomic E-state index is 0.130. The van der Waals surface area contributed by atoms with Crippen molar-refractivity contribution >= 4 is 28.5 Å². The third kappa shape index (κ3) is 3.45. The van der Waals surface area contributed by atoms with Crippen LogP contribution in [0.2, 0.25) is 0 Å². The Kier molecular flexibility index (Phi) is 5.00. The van der Waals surface area contributed by atoms with Crippen molar-refractivity contribution < 1.29 is 4.79 Å². The molecule has 1 amide bonds. The summed E-state index contributed by atoms with van der Waals surface area (Å²) in [6.07, 6.45) is 2.44. The van der Waals surface area contributed by atoms with Gasteiger partial charge in [-0.1, -0.05) is 12.1 Å². The van der Waals surface area contributed by atoms with Crippen molar-refractivity contribution in [2.45, 2.75) is 12.8 Å². The van der Waals surface area contributed by atoms with Gasteiger partial charge < -0.3 is 10.2 Å². The SMILES string of the molecule is CN(CC1CCCNC1)C(=O)c1ccccc1I. The van der Waals surface area contributed by atoms with E-state index in [1.165, 1.54) is 12.8 Å². The lowest BCUT2D eigenvalue weighted by Crippen LogP contribution is -2.39. The summed E-state index contributed by atoms with van der Waals surface area (Å²) in [5.41, 5.74) is 0.810. The normalized spacial score (nSPS) is 19.6. The standard InChI is InChI=1S/C14H19IN2O/c1-17(10-11-5-4-8-16-9-11)14(18)12-6-2-3-7-13(12)15/h2-3,6-7,11,16H,4-5,8-10H2,1H3. The number of hydrogen-bond acceptors (Lipinski definition) is 2. The van der Waals surface area contributed by atoms with E-state index in [9.17, 15) is 4.79 Å². The van der Waals surface area contributed by atoms with E-state index in [2.05, 4.69) is 27.9 Å². The number of benzene rings is 1. The molecule has 1 aliphatic rings. The van der Waals surface area contributed by atoms with E-state index < -0.39 is 0 Å². The molecule has 0 aromatic heterocycles. The number of piperidine rings is 1. The van der Waals surface area contributed by atoms with Crippen molar-refractivity contribution in [3.63, 3.8) is 0 Å². The van der Waals surface area contributed by atoms with Crippen LogP contribution < -0.4 is 5.32 Å². The van der Waals surface area contributed by atoms with Gasteiger partial charge in [-0.05, 0) is 66.6 Å². The lowest BCUT2D eigenvalue weighted by atomic mass is 9.99. The largest absolute Gasteiger partial charge is 0.341 e. The summed E-state index contributed by atoms with van der Waals surface area (Å²) in [5.74, 6) is 0.722. The first-order chi connectivity index (χ1) is 8.68. The van der Waals surface area contributed by atoms with E-state index in [1.807, 2.05) is 36.2 Å². The van der Waals surface area contributed by atoms with Crippen molar-refractivity contribution in [1.82, 2.24) is 10.2 Å². The van der Waals surface area contributed by atoms with Gasteiger partial charge in [0.1, 0.15) is 0 Å². The number of nitrogens with one attached hydrogen (secondary N) is 1. The number of hydrogen-bond donors (Lipinski definition) is 1. The third-order valence-corrected chi connectivity index (χ3v) is 4.32. The van der Waals surface area contributed by atoms with Crippen LogP contribution in [0.1, 0.15) is 23.2 Å². The number of carbonyl (C=O) groups excluding carboxylic acids is 1. The molecule has 1 atom stereocenters. The molecule has 0 saturated carbocycles. The Morgan fingerprint density at radius 3 is 2.94 bits per heavy atom. The van der Waals surface area contributed by atoms with Gasteiger partial charge in [0.15, 0.2) is 0 Å². The Bertz CT molecular complexity index is 416. The van der Waals surface area contributed by atoms with Crippen LogP contribution in [0.5, 0.6) is 0 Å². The molecule has 1 aromatic carbocycles. The Hall–Kier alpha value is -0.620. The first kappa shape index (κ1) is 13.8. The second kappa shape index (κ2) is 6.52. The molecule has 1 aromatic rings. The summed E-state index contributed by atoms with van der Waals surface area (Å²) in [4.78, 5) is 14.2. The minimum Gasteiger partial charge on any atom is -0.341 e. The van der Waals surface area contributed by atoms with Crippen molar-refractivity contribution in [2.75, 3.05) is 26.7 Å². The average Bonchev–Trinajstić information content (AvgIpc) is 2.39. The number of amides is 1. The molecular formula is C14H19IN2O. The molecule has 18 heavy (non-hydrogen) atoms. The first-order valence-electron chi connectivity index (χ1n) is 6.39. The molecule has 1 N–H and O–H groups in total. The summed E-state index contributed by atoms with van der Waals surface area (Å²) >= 11 is 2.22. The van der Waals surface area contributed by atoms with Crippen molar-refractivity contribution in [1.29, 1.82) is 0 Å². The van der Waals surface area contributed by atoms with Crippen LogP contribution in [0.25, 0.3) is 0 Å². The predicted molar refractivity (Wildman–Crippen MR) is 81.7 cm³/mol.